The molecule has 110 valence electrons. The zero-order valence-electron chi connectivity index (χ0n) is 11.9. The number of nitrogens with one attached hydrogen (secondary N) is 2. The fourth-order valence-electron chi connectivity index (χ4n) is 2.37. The highest BCUT2D eigenvalue weighted by Gasteiger charge is 2.33. The van der Waals surface area contributed by atoms with Crippen molar-refractivity contribution in [3.05, 3.63) is 17.7 Å². The summed E-state index contributed by atoms with van der Waals surface area (Å²) in [4.78, 5) is 12.2. The molecule has 6 nitrogen and oxygen atoms in total. The number of hydrogen-bond donors (Lipinski definition) is 3. The molecule has 0 saturated carbocycles. The van der Waals surface area contributed by atoms with Crippen LogP contribution in [0.1, 0.15) is 30.1 Å². The molecule has 0 bridgehead atoms. The van der Waals surface area contributed by atoms with Gasteiger partial charge in [-0.1, -0.05) is 0 Å². The van der Waals surface area contributed by atoms with E-state index in [0.29, 0.717) is 35.6 Å². The lowest BCUT2D eigenvalue weighted by Crippen LogP contribution is -2.55. The SMILES string of the molecule is COc1cc2c(cc1OC)C(=O)NC(C)(CCCO)N2. The smallest absolute Gasteiger partial charge is 0.255 e. The van der Waals surface area contributed by atoms with Gasteiger partial charge in [-0.25, -0.2) is 0 Å². The third-order valence-electron chi connectivity index (χ3n) is 3.40. The molecule has 0 saturated heterocycles. The number of carbonyl (C=O) groups is 1. The number of anilines is 1. The number of aliphatic hydroxyl groups excluding tert-OH is 1. The van der Waals surface area contributed by atoms with Crippen molar-refractivity contribution >= 4 is 11.6 Å². The molecule has 2 rings (SSSR count). The molecule has 20 heavy (non-hydrogen) atoms. The van der Waals surface area contributed by atoms with Gasteiger partial charge in [-0.3, -0.25) is 4.79 Å². The Hall–Kier alpha value is -1.95. The Bertz CT molecular complexity index is 518. The van der Waals surface area contributed by atoms with Crippen LogP contribution in [-0.4, -0.2) is 37.5 Å². The molecule has 0 aliphatic carbocycles. The molecule has 1 atom stereocenters. The molecule has 1 aromatic carbocycles. The normalized spacial score (nSPS) is 20.7. The van der Waals surface area contributed by atoms with Crippen LogP contribution in [0.5, 0.6) is 11.5 Å². The number of benzene rings is 1. The average molecular weight is 280 g/mol. The quantitative estimate of drug-likeness (QED) is 0.758. The topological polar surface area (TPSA) is 79.8 Å². The number of ether oxygens (including phenoxy) is 2. The Labute approximate surface area is 118 Å². The van der Waals surface area contributed by atoms with Crippen LogP contribution in [0, 0.1) is 0 Å². The minimum absolute atomic E-state index is 0.0892. The summed E-state index contributed by atoms with van der Waals surface area (Å²) in [5, 5.41) is 15.1. The van der Waals surface area contributed by atoms with E-state index < -0.39 is 5.66 Å². The van der Waals surface area contributed by atoms with Crippen LogP contribution in [0.15, 0.2) is 12.1 Å². The molecule has 1 aliphatic heterocycles. The van der Waals surface area contributed by atoms with Gasteiger partial charge in [0, 0.05) is 12.7 Å². The summed E-state index contributed by atoms with van der Waals surface area (Å²) in [6, 6.07) is 3.41. The van der Waals surface area contributed by atoms with E-state index in [0.717, 1.165) is 0 Å². The number of aliphatic hydroxyl groups is 1. The molecule has 3 N–H and O–H groups in total. The van der Waals surface area contributed by atoms with E-state index in [9.17, 15) is 4.79 Å². The van der Waals surface area contributed by atoms with Crippen molar-refractivity contribution in [1.82, 2.24) is 5.32 Å². The first-order valence-corrected chi connectivity index (χ1v) is 6.50. The van der Waals surface area contributed by atoms with Gasteiger partial charge in [0.1, 0.15) is 5.66 Å². The molecule has 0 radical (unpaired) electrons. The van der Waals surface area contributed by atoms with E-state index in [-0.39, 0.29) is 12.5 Å². The van der Waals surface area contributed by atoms with Gasteiger partial charge < -0.3 is 25.2 Å². The minimum atomic E-state index is -0.577. The van der Waals surface area contributed by atoms with Gasteiger partial charge in [0.05, 0.1) is 25.5 Å². The Morgan fingerprint density at radius 2 is 1.85 bits per heavy atom. The van der Waals surface area contributed by atoms with Crippen molar-refractivity contribution in [3.63, 3.8) is 0 Å². The van der Waals surface area contributed by atoms with Crippen LogP contribution in [-0.2, 0) is 0 Å². The minimum Gasteiger partial charge on any atom is -0.493 e. The van der Waals surface area contributed by atoms with E-state index in [1.165, 1.54) is 7.11 Å². The first kappa shape index (κ1) is 14.5. The van der Waals surface area contributed by atoms with Gasteiger partial charge in [-0.2, -0.15) is 0 Å². The lowest BCUT2D eigenvalue weighted by Gasteiger charge is -2.38. The predicted octanol–water partition coefficient (Wildman–Crippen LogP) is 1.35. The first-order chi connectivity index (χ1) is 9.53. The summed E-state index contributed by atoms with van der Waals surface area (Å²) in [7, 11) is 3.09. The van der Waals surface area contributed by atoms with Gasteiger partial charge >= 0.3 is 0 Å². The molecule has 0 spiro atoms. The Balaban J connectivity index is 2.36. The van der Waals surface area contributed by atoms with Gasteiger partial charge in [0.15, 0.2) is 11.5 Å². The summed E-state index contributed by atoms with van der Waals surface area (Å²) in [5.74, 6) is 0.917. The molecule has 1 aliphatic rings. The molecule has 1 unspecified atom stereocenters. The third-order valence-corrected chi connectivity index (χ3v) is 3.40. The van der Waals surface area contributed by atoms with Crippen LogP contribution in [0.25, 0.3) is 0 Å². The first-order valence-electron chi connectivity index (χ1n) is 6.50. The zero-order chi connectivity index (χ0) is 14.8. The molecule has 1 heterocycles. The van der Waals surface area contributed by atoms with Crippen molar-refractivity contribution in [2.75, 3.05) is 26.1 Å². The fraction of sp³-hybridized carbons (Fsp3) is 0.500. The second-order valence-electron chi connectivity index (χ2n) is 4.99. The van der Waals surface area contributed by atoms with E-state index in [4.69, 9.17) is 14.6 Å². The molecule has 6 heteroatoms. The van der Waals surface area contributed by atoms with Crippen LogP contribution >= 0.6 is 0 Å². The summed E-state index contributed by atoms with van der Waals surface area (Å²) in [6.45, 7) is 1.98. The van der Waals surface area contributed by atoms with E-state index >= 15 is 0 Å². The number of carbonyl (C=O) groups excluding carboxylic acids is 1. The van der Waals surface area contributed by atoms with E-state index in [1.807, 2.05) is 6.92 Å². The Kier molecular flexibility index (Phi) is 4.04. The molecule has 0 aromatic heterocycles. The molecule has 1 amide bonds. The largest absolute Gasteiger partial charge is 0.493 e. The van der Waals surface area contributed by atoms with Crippen molar-refractivity contribution in [1.29, 1.82) is 0 Å². The van der Waals surface area contributed by atoms with Crippen molar-refractivity contribution in [2.24, 2.45) is 0 Å². The molecular weight excluding hydrogens is 260 g/mol. The maximum atomic E-state index is 12.2. The summed E-state index contributed by atoms with van der Waals surface area (Å²) >= 11 is 0. The van der Waals surface area contributed by atoms with Gasteiger partial charge in [0.2, 0.25) is 0 Å². The van der Waals surface area contributed by atoms with Crippen molar-refractivity contribution < 1.29 is 19.4 Å². The molecule has 1 aromatic rings. The number of rotatable bonds is 5. The van der Waals surface area contributed by atoms with Gasteiger partial charge in [-0.05, 0) is 25.8 Å². The highest BCUT2D eigenvalue weighted by molar-refractivity contribution is 6.03. The van der Waals surface area contributed by atoms with Gasteiger partial charge in [-0.15, -0.1) is 0 Å². The number of amides is 1. The third kappa shape index (κ3) is 2.65. The highest BCUT2D eigenvalue weighted by Crippen LogP contribution is 2.36. The summed E-state index contributed by atoms with van der Waals surface area (Å²) in [5.41, 5.74) is 0.642. The van der Waals surface area contributed by atoms with E-state index in [2.05, 4.69) is 10.6 Å². The second kappa shape index (κ2) is 5.58. The maximum Gasteiger partial charge on any atom is 0.255 e. The zero-order valence-corrected chi connectivity index (χ0v) is 11.9. The lowest BCUT2D eigenvalue weighted by atomic mass is 9.99. The standard InChI is InChI=1S/C14H20N2O4/c1-14(5-4-6-17)15-10-8-12(20-3)11(19-2)7-9(10)13(18)16-14/h7-8,15,17H,4-6H2,1-3H3,(H,16,18). The second-order valence-corrected chi connectivity index (χ2v) is 4.99. The summed E-state index contributed by atoms with van der Waals surface area (Å²) < 4.78 is 10.5. The number of fused-ring (bicyclic) bond motifs is 1. The van der Waals surface area contributed by atoms with Crippen LogP contribution in [0.4, 0.5) is 5.69 Å². The van der Waals surface area contributed by atoms with Gasteiger partial charge in [0.25, 0.3) is 5.91 Å². The monoisotopic (exact) mass is 280 g/mol. The summed E-state index contributed by atoms with van der Waals surface area (Å²) in [6.07, 6.45) is 1.23. The predicted molar refractivity (Wildman–Crippen MR) is 75.4 cm³/mol. The molecular formula is C14H20N2O4. The fourth-order valence-corrected chi connectivity index (χ4v) is 2.37. The van der Waals surface area contributed by atoms with Crippen molar-refractivity contribution in [2.45, 2.75) is 25.4 Å². The maximum absolute atomic E-state index is 12.2. The van der Waals surface area contributed by atoms with Crippen LogP contribution in [0.3, 0.4) is 0 Å². The van der Waals surface area contributed by atoms with Crippen LogP contribution < -0.4 is 20.1 Å². The van der Waals surface area contributed by atoms with Crippen molar-refractivity contribution in [3.8, 4) is 11.5 Å². The lowest BCUT2D eigenvalue weighted by molar-refractivity contribution is 0.0898. The number of methoxy groups -OCH3 is 2. The number of hydrogen-bond acceptors (Lipinski definition) is 5. The highest BCUT2D eigenvalue weighted by atomic mass is 16.5. The van der Waals surface area contributed by atoms with Crippen LogP contribution in [0.2, 0.25) is 0 Å². The average Bonchev–Trinajstić information content (AvgIpc) is 2.43. The Morgan fingerprint density at radius 1 is 1.20 bits per heavy atom. The molecule has 0 fully saturated rings. The Morgan fingerprint density at radius 3 is 2.45 bits per heavy atom. The van der Waals surface area contributed by atoms with E-state index in [1.54, 1.807) is 19.2 Å².